The summed E-state index contributed by atoms with van der Waals surface area (Å²) in [5, 5.41) is 0. The number of hydrogen-bond donors (Lipinski definition) is 0. The van der Waals surface area contributed by atoms with Crippen molar-refractivity contribution in [2.75, 3.05) is 0 Å². The van der Waals surface area contributed by atoms with Gasteiger partial charge in [-0.1, -0.05) is 0 Å². The Morgan fingerprint density at radius 3 is 1.27 bits per heavy atom. The van der Waals surface area contributed by atoms with Crippen LogP contribution in [0, 0.1) is 0 Å². The Hall–Kier alpha value is -0.240. The van der Waals surface area contributed by atoms with Crippen LogP contribution in [-0.2, 0) is 29.3 Å². The van der Waals surface area contributed by atoms with Crippen LogP contribution in [0.1, 0.15) is 96.4 Å². The number of rotatable bonds is 9. The van der Waals surface area contributed by atoms with Crippen LogP contribution in [0.3, 0.4) is 0 Å². The SMILES string of the molecule is CC(C)(C)OOC(CC(C)(C)OOC(C)(C)C)C(C)(C)OOC(C)(C)C. The van der Waals surface area contributed by atoms with E-state index in [1.165, 1.54) is 0 Å². The summed E-state index contributed by atoms with van der Waals surface area (Å²) in [7, 11) is 0. The van der Waals surface area contributed by atoms with Gasteiger partial charge in [0.25, 0.3) is 0 Å². The lowest BCUT2D eigenvalue weighted by Gasteiger charge is -2.39. The topological polar surface area (TPSA) is 55.4 Å². The second-order valence-electron chi connectivity index (χ2n) is 10.9. The first-order valence-corrected chi connectivity index (χ1v) is 9.31. The standard InChI is InChI=1S/C20H42O6/c1-16(2,3)22-21-15(20(12,13)26-24-18(7,8)9)14-19(10,11)25-23-17(4,5)6/h15H,14H2,1-13H3. The van der Waals surface area contributed by atoms with E-state index in [0.29, 0.717) is 6.42 Å². The molecule has 0 amide bonds. The van der Waals surface area contributed by atoms with E-state index in [0.717, 1.165) is 0 Å². The molecule has 26 heavy (non-hydrogen) atoms. The monoisotopic (exact) mass is 378 g/mol. The summed E-state index contributed by atoms with van der Waals surface area (Å²) in [5.41, 5.74) is -2.69. The molecule has 0 fully saturated rings. The summed E-state index contributed by atoms with van der Waals surface area (Å²) in [6.45, 7) is 25.0. The molecule has 0 aliphatic rings. The van der Waals surface area contributed by atoms with Crippen molar-refractivity contribution >= 4 is 0 Å². The largest absolute Gasteiger partial charge is 0.231 e. The third-order valence-corrected chi connectivity index (χ3v) is 2.89. The molecule has 0 aliphatic carbocycles. The van der Waals surface area contributed by atoms with Gasteiger partial charge >= 0.3 is 0 Å². The van der Waals surface area contributed by atoms with Gasteiger partial charge in [-0.2, -0.15) is 0 Å². The average Bonchev–Trinajstić information content (AvgIpc) is 2.37. The average molecular weight is 379 g/mol. The molecular weight excluding hydrogens is 336 g/mol. The van der Waals surface area contributed by atoms with Crippen LogP contribution in [0.4, 0.5) is 0 Å². The van der Waals surface area contributed by atoms with Gasteiger partial charge < -0.3 is 0 Å². The second kappa shape index (κ2) is 8.84. The summed E-state index contributed by atoms with van der Waals surface area (Å²) in [6, 6.07) is 0. The van der Waals surface area contributed by atoms with Gasteiger partial charge in [0, 0.05) is 6.42 Å². The van der Waals surface area contributed by atoms with Gasteiger partial charge in [0.1, 0.15) is 17.3 Å². The molecule has 0 aromatic heterocycles. The molecule has 0 spiro atoms. The molecule has 1 unspecified atom stereocenters. The molecular formula is C20H42O6. The molecule has 158 valence electrons. The van der Waals surface area contributed by atoms with Crippen molar-refractivity contribution in [2.24, 2.45) is 0 Å². The molecule has 6 heteroatoms. The molecule has 0 N–H and O–H groups in total. The highest BCUT2D eigenvalue weighted by atomic mass is 17.2. The molecule has 0 aromatic carbocycles. The van der Waals surface area contributed by atoms with E-state index in [4.69, 9.17) is 29.3 Å². The maximum absolute atomic E-state index is 5.76. The summed E-state index contributed by atoms with van der Waals surface area (Å²) in [6.07, 6.45) is 0.0160. The van der Waals surface area contributed by atoms with Gasteiger partial charge in [-0.25, -0.2) is 29.3 Å². The van der Waals surface area contributed by atoms with Crippen molar-refractivity contribution in [1.82, 2.24) is 0 Å². The van der Waals surface area contributed by atoms with Gasteiger partial charge in [-0.3, -0.25) is 0 Å². The van der Waals surface area contributed by atoms with Gasteiger partial charge in [-0.15, -0.1) is 0 Å². The highest BCUT2D eigenvalue weighted by Crippen LogP contribution is 2.31. The van der Waals surface area contributed by atoms with Crippen molar-refractivity contribution in [1.29, 1.82) is 0 Å². The van der Waals surface area contributed by atoms with E-state index in [9.17, 15) is 0 Å². The van der Waals surface area contributed by atoms with Gasteiger partial charge in [-0.05, 0) is 90.0 Å². The Morgan fingerprint density at radius 2 is 0.885 bits per heavy atom. The van der Waals surface area contributed by atoms with Crippen LogP contribution in [-0.4, -0.2) is 34.1 Å². The highest BCUT2D eigenvalue weighted by molar-refractivity contribution is 4.85. The van der Waals surface area contributed by atoms with Crippen LogP contribution < -0.4 is 0 Å². The molecule has 0 saturated heterocycles. The maximum atomic E-state index is 5.76. The summed E-state index contributed by atoms with van der Waals surface area (Å²) >= 11 is 0. The zero-order valence-electron chi connectivity index (χ0n) is 19.2. The van der Waals surface area contributed by atoms with Crippen molar-refractivity contribution in [3.63, 3.8) is 0 Å². The molecule has 0 rings (SSSR count). The van der Waals surface area contributed by atoms with E-state index in [-0.39, 0.29) is 0 Å². The molecule has 0 bridgehead atoms. The molecule has 0 heterocycles. The Morgan fingerprint density at radius 1 is 0.500 bits per heavy atom. The first kappa shape index (κ1) is 25.8. The Balaban J connectivity index is 5.19. The predicted octanol–water partition coefficient (Wildman–Crippen LogP) is 5.54. The highest BCUT2D eigenvalue weighted by Gasteiger charge is 2.41. The first-order valence-electron chi connectivity index (χ1n) is 9.31. The third kappa shape index (κ3) is 13.0. The van der Waals surface area contributed by atoms with Crippen LogP contribution in [0.2, 0.25) is 0 Å². The lowest BCUT2D eigenvalue weighted by molar-refractivity contribution is -0.461. The van der Waals surface area contributed by atoms with E-state index >= 15 is 0 Å². The molecule has 1 atom stereocenters. The predicted molar refractivity (Wildman–Crippen MR) is 102 cm³/mol. The van der Waals surface area contributed by atoms with Crippen molar-refractivity contribution in [3.05, 3.63) is 0 Å². The minimum Gasteiger partial charge on any atom is -0.231 e. The van der Waals surface area contributed by atoms with Crippen molar-refractivity contribution in [3.8, 4) is 0 Å². The fraction of sp³-hybridized carbons (Fsp3) is 1.00. The van der Waals surface area contributed by atoms with Crippen molar-refractivity contribution < 1.29 is 29.3 Å². The molecule has 0 radical (unpaired) electrons. The molecule has 0 aromatic rings. The molecule has 0 saturated carbocycles. The zero-order valence-corrected chi connectivity index (χ0v) is 19.2. The Bertz CT molecular complexity index is 409. The second-order valence-corrected chi connectivity index (χ2v) is 10.9. The molecule has 0 aliphatic heterocycles. The van der Waals surface area contributed by atoms with Gasteiger partial charge in [0.15, 0.2) is 0 Å². The smallest absolute Gasteiger partial charge is 0.127 e. The summed E-state index contributed by atoms with van der Waals surface area (Å²) in [5.74, 6) is 0. The third-order valence-electron chi connectivity index (χ3n) is 2.89. The van der Waals surface area contributed by atoms with Gasteiger partial charge in [0.05, 0.1) is 16.8 Å². The van der Waals surface area contributed by atoms with Crippen LogP contribution in [0.25, 0.3) is 0 Å². The van der Waals surface area contributed by atoms with Crippen LogP contribution in [0.5, 0.6) is 0 Å². The van der Waals surface area contributed by atoms with E-state index in [1.807, 2.05) is 90.0 Å². The Kier molecular flexibility index (Phi) is 8.76. The minimum atomic E-state index is -0.777. The zero-order chi connectivity index (χ0) is 21.0. The van der Waals surface area contributed by atoms with E-state index in [1.54, 1.807) is 0 Å². The quantitative estimate of drug-likeness (QED) is 0.388. The van der Waals surface area contributed by atoms with Crippen LogP contribution in [0.15, 0.2) is 0 Å². The van der Waals surface area contributed by atoms with E-state index < -0.39 is 34.1 Å². The normalized spacial score (nSPS) is 16.0. The lowest BCUT2D eigenvalue weighted by Crippen LogP contribution is -2.48. The van der Waals surface area contributed by atoms with Gasteiger partial charge in [0.2, 0.25) is 0 Å². The fourth-order valence-electron chi connectivity index (χ4n) is 1.60. The molecule has 6 nitrogen and oxygen atoms in total. The van der Waals surface area contributed by atoms with Crippen molar-refractivity contribution in [2.45, 2.75) is 131 Å². The lowest BCUT2D eigenvalue weighted by atomic mass is 9.91. The Labute approximate surface area is 160 Å². The summed E-state index contributed by atoms with van der Waals surface area (Å²) < 4.78 is 0. The van der Waals surface area contributed by atoms with E-state index in [2.05, 4.69) is 0 Å². The first-order chi connectivity index (χ1) is 11.2. The summed E-state index contributed by atoms with van der Waals surface area (Å²) in [4.78, 5) is 33.7. The number of hydrogen-bond acceptors (Lipinski definition) is 6. The van der Waals surface area contributed by atoms with Crippen LogP contribution >= 0.6 is 0 Å². The fourth-order valence-corrected chi connectivity index (χ4v) is 1.60. The maximum Gasteiger partial charge on any atom is 0.127 e. The minimum absolute atomic E-state index is 0.406.